The van der Waals surface area contributed by atoms with E-state index in [2.05, 4.69) is 21.5 Å². The number of ether oxygens (including phenoxy) is 3. The van der Waals surface area contributed by atoms with Crippen LogP contribution < -0.4 is 18.9 Å². The van der Waals surface area contributed by atoms with Crippen molar-refractivity contribution < 1.29 is 22.6 Å². The lowest BCUT2D eigenvalue weighted by atomic mass is 10.3. The van der Waals surface area contributed by atoms with Gasteiger partial charge in [0, 0.05) is 18.5 Å². The number of nitrogens with zero attached hydrogens (tertiary/aromatic N) is 1. The Morgan fingerprint density at radius 3 is 2.92 bits per heavy atom. The number of fused-ring (bicyclic) bond motifs is 1. The molecule has 1 aliphatic rings. The Balaban J connectivity index is 1.47. The van der Waals surface area contributed by atoms with Gasteiger partial charge in [-0.2, -0.15) is 4.72 Å². The Kier molecular flexibility index (Phi) is 4.84. The van der Waals surface area contributed by atoms with E-state index in [1.807, 2.05) is 0 Å². The molecule has 8 heteroatoms. The average molecular weight is 346 g/mol. The highest BCUT2D eigenvalue weighted by molar-refractivity contribution is 7.89. The Labute approximate surface area is 139 Å². The number of benzene rings is 1. The summed E-state index contributed by atoms with van der Waals surface area (Å²) in [5.74, 6) is 7.34. The first-order valence-electron chi connectivity index (χ1n) is 7.03. The first-order valence-corrected chi connectivity index (χ1v) is 8.51. The van der Waals surface area contributed by atoms with Gasteiger partial charge in [0.1, 0.15) is 17.3 Å². The van der Waals surface area contributed by atoms with Crippen LogP contribution in [0.15, 0.2) is 47.6 Å². The summed E-state index contributed by atoms with van der Waals surface area (Å²) in [5.41, 5.74) is 0. The predicted molar refractivity (Wildman–Crippen MR) is 85.3 cm³/mol. The van der Waals surface area contributed by atoms with Gasteiger partial charge in [0.25, 0.3) is 0 Å². The fraction of sp³-hybridized carbons (Fsp3) is 0.188. The van der Waals surface area contributed by atoms with Crippen molar-refractivity contribution in [2.45, 2.75) is 4.90 Å². The molecule has 2 aromatic rings. The lowest BCUT2D eigenvalue weighted by Gasteiger charge is -2.03. The van der Waals surface area contributed by atoms with Gasteiger partial charge in [0.05, 0.1) is 6.54 Å². The van der Waals surface area contributed by atoms with Crippen LogP contribution in [-0.2, 0) is 10.0 Å². The van der Waals surface area contributed by atoms with Gasteiger partial charge in [-0.1, -0.05) is 11.8 Å². The van der Waals surface area contributed by atoms with Crippen LogP contribution in [-0.4, -0.2) is 33.3 Å². The van der Waals surface area contributed by atoms with Crippen molar-refractivity contribution in [3.63, 3.8) is 0 Å². The second kappa shape index (κ2) is 7.21. The maximum atomic E-state index is 11.9. The number of aromatic nitrogens is 1. The van der Waals surface area contributed by atoms with Crippen molar-refractivity contribution in [1.82, 2.24) is 9.71 Å². The van der Waals surface area contributed by atoms with E-state index in [9.17, 15) is 8.42 Å². The molecule has 0 aliphatic carbocycles. The monoisotopic (exact) mass is 346 g/mol. The molecule has 1 aromatic carbocycles. The van der Waals surface area contributed by atoms with Crippen LogP contribution in [0.25, 0.3) is 0 Å². The molecule has 0 spiro atoms. The van der Waals surface area contributed by atoms with E-state index in [1.165, 1.54) is 18.5 Å². The van der Waals surface area contributed by atoms with Gasteiger partial charge in [-0.05, 0) is 24.3 Å². The Morgan fingerprint density at radius 1 is 1.21 bits per heavy atom. The summed E-state index contributed by atoms with van der Waals surface area (Å²) in [4.78, 5) is 3.87. The predicted octanol–water partition coefficient (Wildman–Crippen LogP) is 1.17. The van der Waals surface area contributed by atoms with Crippen LogP contribution in [0, 0.1) is 11.8 Å². The minimum Gasteiger partial charge on any atom is -0.481 e. The van der Waals surface area contributed by atoms with Crippen molar-refractivity contribution in [1.29, 1.82) is 0 Å². The number of rotatable bonds is 5. The van der Waals surface area contributed by atoms with Gasteiger partial charge >= 0.3 is 0 Å². The molecule has 0 atom stereocenters. The van der Waals surface area contributed by atoms with Gasteiger partial charge in [-0.3, -0.25) is 4.98 Å². The van der Waals surface area contributed by atoms with E-state index in [0.29, 0.717) is 17.2 Å². The average Bonchev–Trinajstić information content (AvgIpc) is 3.06. The Bertz CT molecular complexity index is 872. The van der Waals surface area contributed by atoms with Gasteiger partial charge in [-0.15, -0.1) is 0 Å². The molecule has 7 nitrogen and oxygen atoms in total. The third kappa shape index (κ3) is 3.95. The maximum Gasteiger partial charge on any atom is 0.242 e. The van der Waals surface area contributed by atoms with E-state index in [1.54, 1.807) is 24.3 Å². The standard InChI is InChI=1S/C16H14N2O5S/c19-24(20,14-4-3-7-17-11-14)18-8-1-2-9-21-13-5-6-15-16(10-13)23-12-22-15/h3-7,10-11,18H,8-9,12H2. The zero-order valence-corrected chi connectivity index (χ0v) is 13.4. The minimum absolute atomic E-state index is 0.0122. The fourth-order valence-electron chi connectivity index (χ4n) is 1.92. The SMILES string of the molecule is O=S(=O)(NCC#CCOc1ccc2c(c1)OCO2)c1cccnc1. The topological polar surface area (TPSA) is 86.8 Å². The highest BCUT2D eigenvalue weighted by atomic mass is 32.2. The Hall–Kier alpha value is -2.76. The number of sulfonamides is 1. The maximum absolute atomic E-state index is 11.9. The first kappa shape index (κ1) is 16.1. The summed E-state index contributed by atoms with van der Waals surface area (Å²) in [7, 11) is -3.59. The summed E-state index contributed by atoms with van der Waals surface area (Å²) in [6, 6.07) is 8.24. The van der Waals surface area contributed by atoms with E-state index >= 15 is 0 Å². The van der Waals surface area contributed by atoms with E-state index < -0.39 is 10.0 Å². The highest BCUT2D eigenvalue weighted by Gasteiger charge is 2.13. The van der Waals surface area contributed by atoms with Crippen LogP contribution in [0.1, 0.15) is 0 Å². The second-order valence-corrected chi connectivity index (χ2v) is 6.44. The van der Waals surface area contributed by atoms with Gasteiger partial charge in [0.2, 0.25) is 16.8 Å². The molecule has 0 fully saturated rings. The third-order valence-electron chi connectivity index (χ3n) is 3.08. The molecule has 0 unspecified atom stereocenters. The van der Waals surface area contributed by atoms with Crippen LogP contribution in [0.4, 0.5) is 0 Å². The lowest BCUT2D eigenvalue weighted by Crippen LogP contribution is -2.24. The Morgan fingerprint density at radius 2 is 2.08 bits per heavy atom. The van der Waals surface area contributed by atoms with Crippen molar-refractivity contribution in [2.24, 2.45) is 0 Å². The van der Waals surface area contributed by atoms with Crippen molar-refractivity contribution >= 4 is 10.0 Å². The summed E-state index contributed by atoms with van der Waals surface area (Å²) in [6.45, 7) is 0.325. The molecule has 1 N–H and O–H groups in total. The van der Waals surface area contributed by atoms with Gasteiger partial charge in [-0.25, -0.2) is 8.42 Å². The van der Waals surface area contributed by atoms with E-state index in [4.69, 9.17) is 14.2 Å². The molecule has 0 bridgehead atoms. The third-order valence-corrected chi connectivity index (χ3v) is 4.46. The van der Waals surface area contributed by atoms with Crippen molar-refractivity contribution in [2.75, 3.05) is 19.9 Å². The van der Waals surface area contributed by atoms with E-state index in [-0.39, 0.29) is 24.8 Å². The van der Waals surface area contributed by atoms with Crippen LogP contribution in [0.3, 0.4) is 0 Å². The molecular weight excluding hydrogens is 332 g/mol. The lowest BCUT2D eigenvalue weighted by molar-refractivity contribution is 0.174. The molecule has 1 aliphatic heterocycles. The smallest absolute Gasteiger partial charge is 0.242 e. The summed E-state index contributed by atoms with van der Waals surface area (Å²) >= 11 is 0. The van der Waals surface area contributed by atoms with Crippen molar-refractivity contribution in [3.8, 4) is 29.1 Å². The molecule has 124 valence electrons. The largest absolute Gasteiger partial charge is 0.481 e. The minimum atomic E-state index is -3.59. The molecule has 0 amide bonds. The number of hydrogen-bond acceptors (Lipinski definition) is 6. The van der Waals surface area contributed by atoms with Crippen molar-refractivity contribution in [3.05, 3.63) is 42.7 Å². The summed E-state index contributed by atoms with van der Waals surface area (Å²) in [5, 5.41) is 0. The first-order chi connectivity index (χ1) is 11.6. The normalized spacial score (nSPS) is 12.3. The summed E-state index contributed by atoms with van der Waals surface area (Å²) in [6.07, 6.45) is 2.78. The molecule has 1 aromatic heterocycles. The quantitative estimate of drug-likeness (QED) is 0.818. The number of pyridine rings is 1. The van der Waals surface area contributed by atoms with Gasteiger partial charge in [0.15, 0.2) is 11.5 Å². The van der Waals surface area contributed by atoms with Crippen LogP contribution >= 0.6 is 0 Å². The number of nitrogens with one attached hydrogen (secondary N) is 1. The highest BCUT2D eigenvalue weighted by Crippen LogP contribution is 2.34. The molecular formula is C16H14N2O5S. The van der Waals surface area contributed by atoms with Crippen LogP contribution in [0.5, 0.6) is 17.2 Å². The summed E-state index contributed by atoms with van der Waals surface area (Å²) < 4.78 is 42.1. The molecule has 0 radical (unpaired) electrons. The molecule has 3 rings (SSSR count). The molecule has 0 saturated carbocycles. The molecule has 2 heterocycles. The zero-order valence-electron chi connectivity index (χ0n) is 12.6. The number of hydrogen-bond donors (Lipinski definition) is 1. The second-order valence-electron chi connectivity index (χ2n) is 4.67. The van der Waals surface area contributed by atoms with Crippen LogP contribution in [0.2, 0.25) is 0 Å². The fourth-order valence-corrected chi connectivity index (χ4v) is 2.81. The zero-order chi connectivity index (χ0) is 16.8. The van der Waals surface area contributed by atoms with Gasteiger partial charge < -0.3 is 14.2 Å². The van der Waals surface area contributed by atoms with E-state index in [0.717, 1.165) is 0 Å². The molecule has 24 heavy (non-hydrogen) atoms. The molecule has 0 saturated heterocycles.